The largest absolute Gasteiger partial charge is 0.507 e. The van der Waals surface area contributed by atoms with Crippen LogP contribution >= 0.6 is 0 Å². The number of hydrogen-bond acceptors (Lipinski definition) is 2. The van der Waals surface area contributed by atoms with E-state index in [9.17, 15) is 7.85 Å². The molecular weight excluding hydrogens is 284 g/mol. The van der Waals surface area contributed by atoms with Gasteiger partial charge in [-0.2, -0.15) is 0 Å². The maximum atomic E-state index is 11.0. The first-order chi connectivity index (χ1) is 13.4. The van der Waals surface area contributed by atoms with Gasteiger partial charge in [-0.1, -0.05) is 31.4 Å². The highest BCUT2D eigenvalue weighted by Gasteiger charge is 2.45. The molecule has 1 aliphatic carbocycles. The lowest BCUT2D eigenvalue weighted by molar-refractivity contribution is 0.0107. The maximum absolute atomic E-state index is 11.0. The Kier molecular flexibility index (Phi) is 2.82. The van der Waals surface area contributed by atoms with E-state index in [1.807, 2.05) is 0 Å². The van der Waals surface area contributed by atoms with Crippen molar-refractivity contribution in [1.29, 1.82) is 0 Å². The molecule has 1 aromatic rings. The number of hydrogen-bond donors (Lipinski definition) is 1. The molecule has 2 aliphatic rings. The lowest BCUT2D eigenvalue weighted by atomic mass is 9.68. The summed E-state index contributed by atoms with van der Waals surface area (Å²) < 4.78 is 58.9. The van der Waals surface area contributed by atoms with Crippen molar-refractivity contribution in [3.63, 3.8) is 0 Å². The molecule has 1 heterocycles. The maximum Gasteiger partial charge on any atom is 0.127 e. The SMILES string of the molecule is [2H]C1=C(C)CC([2H])[C@@]2([2H])C(C)(C)Oc3c([2H])c(CCCCC)c([2H])c(O)c3[C@]12[2H]. The van der Waals surface area contributed by atoms with Gasteiger partial charge in [0.1, 0.15) is 17.1 Å². The van der Waals surface area contributed by atoms with E-state index in [-0.39, 0.29) is 35.9 Å². The summed E-state index contributed by atoms with van der Waals surface area (Å²) in [4.78, 5) is 0. The summed E-state index contributed by atoms with van der Waals surface area (Å²) in [6.45, 7) is 6.95. The molecule has 1 N–H and O–H groups in total. The molecule has 2 nitrogen and oxygen atoms in total. The third-order valence-corrected chi connectivity index (χ3v) is 4.50. The van der Waals surface area contributed by atoms with E-state index in [0.29, 0.717) is 17.6 Å². The van der Waals surface area contributed by atoms with Crippen molar-refractivity contribution in [2.75, 3.05) is 0 Å². The molecule has 0 amide bonds. The molecule has 0 saturated carbocycles. The number of allylic oxidation sites excluding steroid dienone is 2. The lowest BCUT2D eigenvalue weighted by Gasteiger charge is -2.46. The molecule has 1 aromatic carbocycles. The van der Waals surface area contributed by atoms with E-state index in [1.165, 1.54) is 0 Å². The van der Waals surface area contributed by atoms with Crippen molar-refractivity contribution in [3.8, 4) is 11.5 Å². The smallest absolute Gasteiger partial charge is 0.127 e. The summed E-state index contributed by atoms with van der Waals surface area (Å²) in [5.41, 5.74) is -0.649. The molecule has 0 radical (unpaired) electrons. The summed E-state index contributed by atoms with van der Waals surface area (Å²) in [6, 6.07) is -0.445. The van der Waals surface area contributed by atoms with Crippen LogP contribution in [0.4, 0.5) is 0 Å². The molecule has 3 atom stereocenters. The number of fused-ring (bicyclic) bond motifs is 3. The summed E-state index contributed by atoms with van der Waals surface area (Å²) in [5.74, 6) is -4.52. The number of phenols is 1. The van der Waals surface area contributed by atoms with Gasteiger partial charge < -0.3 is 9.84 Å². The van der Waals surface area contributed by atoms with Crippen LogP contribution in [0.1, 0.15) is 85.0 Å². The molecule has 0 bridgehead atoms. The highest BCUT2D eigenvalue weighted by atomic mass is 16.5. The average Bonchev–Trinajstić information content (AvgIpc) is 2.64. The monoisotopic (exact) mass is 320 g/mol. The van der Waals surface area contributed by atoms with Crippen LogP contribution in [0.3, 0.4) is 0 Å². The van der Waals surface area contributed by atoms with Crippen LogP contribution in [0.25, 0.3) is 0 Å². The van der Waals surface area contributed by atoms with Gasteiger partial charge >= 0.3 is 0 Å². The molecule has 126 valence electrons. The summed E-state index contributed by atoms with van der Waals surface area (Å²) in [5, 5.41) is 11.0. The molecule has 0 fully saturated rings. The summed E-state index contributed by atoms with van der Waals surface area (Å²) in [6.07, 6.45) is 2.24. The van der Waals surface area contributed by atoms with Gasteiger partial charge in [0.25, 0.3) is 0 Å². The second-order valence-electron chi connectivity index (χ2n) is 6.95. The molecule has 2 heteroatoms. The zero-order valence-electron chi connectivity index (χ0n) is 20.5. The van der Waals surface area contributed by atoms with Crippen LogP contribution in [0, 0.1) is 5.89 Å². The summed E-state index contributed by atoms with van der Waals surface area (Å²) in [7, 11) is 0. The van der Waals surface area contributed by atoms with E-state index in [1.54, 1.807) is 20.8 Å². The minimum absolute atomic E-state index is 0.0282. The minimum atomic E-state index is -2.10. The van der Waals surface area contributed by atoms with Gasteiger partial charge in [-0.05, 0) is 64.1 Å². The summed E-state index contributed by atoms with van der Waals surface area (Å²) >= 11 is 0. The molecule has 3 rings (SSSR count). The Morgan fingerprint density at radius 1 is 1.43 bits per heavy atom. The highest BCUT2D eigenvalue weighted by molar-refractivity contribution is 5.53. The van der Waals surface area contributed by atoms with Crippen molar-refractivity contribution in [3.05, 3.63) is 34.8 Å². The number of rotatable bonds is 4. The zero-order chi connectivity index (χ0) is 21.9. The Morgan fingerprint density at radius 3 is 2.96 bits per heavy atom. The first-order valence-electron chi connectivity index (χ1n) is 11.6. The Hall–Kier alpha value is -1.44. The van der Waals surface area contributed by atoms with Gasteiger partial charge in [0.2, 0.25) is 0 Å². The van der Waals surface area contributed by atoms with Crippen molar-refractivity contribution < 1.29 is 18.1 Å². The fraction of sp³-hybridized carbons (Fsp3) is 0.619. The molecular formula is C21H30O2. The lowest BCUT2D eigenvalue weighted by Crippen LogP contribution is -2.45. The highest BCUT2D eigenvalue weighted by Crippen LogP contribution is 2.53. The number of unbranched alkanes of at least 4 members (excludes halogenated alkanes) is 2. The molecule has 1 aliphatic heterocycles. The third-order valence-electron chi connectivity index (χ3n) is 4.50. The number of benzene rings is 1. The second kappa shape index (κ2) is 6.22. The fourth-order valence-electron chi connectivity index (χ4n) is 3.27. The van der Waals surface area contributed by atoms with Crippen LogP contribution in [-0.2, 0) is 6.42 Å². The van der Waals surface area contributed by atoms with Crippen LogP contribution in [0.5, 0.6) is 11.5 Å². The van der Waals surface area contributed by atoms with Crippen molar-refractivity contribution in [2.24, 2.45) is 5.89 Å². The standard InChI is InChI=1S/C21H30O2/c1-5-6-7-8-15-12-18(22)20-16-11-14(2)9-10-17(16)21(3,4)23-19(20)13-15/h11-13,16-17,22H,5-10H2,1-4H3/t16-,17-/m1/s1/i10D,11D,12D,13D,16D,17D/t10?,16-,17-. The number of aromatic hydroxyl groups is 1. The van der Waals surface area contributed by atoms with Gasteiger partial charge in [-0.3, -0.25) is 0 Å². The molecule has 23 heavy (non-hydrogen) atoms. The predicted octanol–water partition coefficient (Wildman–Crippen LogP) is 5.74. The third kappa shape index (κ3) is 3.13. The first-order valence-corrected chi connectivity index (χ1v) is 8.49. The van der Waals surface area contributed by atoms with E-state index in [0.717, 1.165) is 19.3 Å². The predicted molar refractivity (Wildman–Crippen MR) is 95.3 cm³/mol. The number of phenolic OH excluding ortho intramolecular Hbond substituents is 1. The van der Waals surface area contributed by atoms with Crippen molar-refractivity contribution in [2.45, 2.75) is 77.7 Å². The van der Waals surface area contributed by atoms with Crippen LogP contribution in [0.2, 0.25) is 0 Å². The topological polar surface area (TPSA) is 29.5 Å². The molecule has 0 spiro atoms. The van der Waals surface area contributed by atoms with Crippen LogP contribution < -0.4 is 4.74 Å². The Bertz CT molecular complexity index is 881. The van der Waals surface area contributed by atoms with E-state index < -0.39 is 29.5 Å². The quantitative estimate of drug-likeness (QED) is 0.566. The van der Waals surface area contributed by atoms with Crippen molar-refractivity contribution in [1.82, 2.24) is 0 Å². The fourth-order valence-corrected chi connectivity index (χ4v) is 3.27. The van der Waals surface area contributed by atoms with Crippen LogP contribution in [0.15, 0.2) is 23.7 Å². The Labute approximate surface area is 149 Å². The van der Waals surface area contributed by atoms with Gasteiger partial charge in [-0.25, -0.2) is 0 Å². The zero-order valence-corrected chi connectivity index (χ0v) is 14.5. The van der Waals surface area contributed by atoms with Gasteiger partial charge in [0.05, 0.1) is 4.11 Å². The molecule has 0 aromatic heterocycles. The number of ether oxygens (including phenoxy) is 1. The van der Waals surface area contributed by atoms with E-state index >= 15 is 0 Å². The second-order valence-corrected chi connectivity index (χ2v) is 6.95. The first kappa shape index (κ1) is 10.4. The van der Waals surface area contributed by atoms with Crippen molar-refractivity contribution >= 4 is 0 Å². The Balaban J connectivity index is 2.37. The normalized spacial score (nSPS) is 38.9. The molecule has 0 saturated heterocycles. The van der Waals surface area contributed by atoms with Gasteiger partial charge in [0, 0.05) is 21.5 Å². The van der Waals surface area contributed by atoms with Gasteiger partial charge in [-0.15, -0.1) is 0 Å². The Morgan fingerprint density at radius 2 is 2.22 bits per heavy atom. The van der Waals surface area contributed by atoms with E-state index in [2.05, 4.69) is 6.92 Å². The van der Waals surface area contributed by atoms with E-state index in [4.69, 9.17) is 10.2 Å². The molecule has 1 unspecified atom stereocenters. The van der Waals surface area contributed by atoms with Crippen LogP contribution in [-0.4, -0.2) is 10.7 Å². The van der Waals surface area contributed by atoms with Gasteiger partial charge in [0.15, 0.2) is 0 Å². The average molecular weight is 321 g/mol. The minimum Gasteiger partial charge on any atom is -0.507 e.